The Hall–Kier alpha value is -1.36. The third-order valence-corrected chi connectivity index (χ3v) is 2.99. The van der Waals surface area contributed by atoms with Crippen molar-refractivity contribution < 1.29 is 4.74 Å². The van der Waals surface area contributed by atoms with Crippen LogP contribution in [0.2, 0.25) is 0 Å². The van der Waals surface area contributed by atoms with Crippen LogP contribution < -0.4 is 11.1 Å². The summed E-state index contributed by atoms with van der Waals surface area (Å²) in [6.07, 6.45) is 0.921. The second kappa shape index (κ2) is 6.19. The van der Waals surface area contributed by atoms with Crippen molar-refractivity contribution in [1.29, 1.82) is 0 Å². The number of nitrogens with one attached hydrogen (secondary N) is 1. The standard InChI is InChI=1S/C14H26N4O/c1-9(7-8-19-6)16-12-10(2)11(15)17-13(18-12)14(3,4)5/h9H,7-8H2,1-6H3,(H3,15,16,17,18). The van der Waals surface area contributed by atoms with E-state index in [1.165, 1.54) is 0 Å². The Kier molecular flexibility index (Phi) is 5.11. The maximum Gasteiger partial charge on any atom is 0.138 e. The molecule has 0 aliphatic heterocycles. The lowest BCUT2D eigenvalue weighted by Crippen LogP contribution is -2.23. The Morgan fingerprint density at radius 1 is 1.32 bits per heavy atom. The molecule has 1 rings (SSSR count). The lowest BCUT2D eigenvalue weighted by molar-refractivity contribution is 0.191. The Morgan fingerprint density at radius 3 is 2.47 bits per heavy atom. The zero-order chi connectivity index (χ0) is 14.6. The van der Waals surface area contributed by atoms with Gasteiger partial charge in [0.1, 0.15) is 17.5 Å². The van der Waals surface area contributed by atoms with Crippen LogP contribution in [-0.4, -0.2) is 29.7 Å². The molecule has 0 aliphatic carbocycles. The summed E-state index contributed by atoms with van der Waals surface area (Å²) in [5, 5.41) is 3.39. The van der Waals surface area contributed by atoms with E-state index in [1.807, 2.05) is 6.92 Å². The molecule has 0 fully saturated rings. The van der Waals surface area contributed by atoms with Crippen molar-refractivity contribution >= 4 is 11.6 Å². The number of hydrogen-bond acceptors (Lipinski definition) is 5. The molecular formula is C14H26N4O. The first-order valence-corrected chi connectivity index (χ1v) is 6.65. The van der Waals surface area contributed by atoms with Crippen molar-refractivity contribution in [3.63, 3.8) is 0 Å². The van der Waals surface area contributed by atoms with Crippen LogP contribution in [0.3, 0.4) is 0 Å². The average molecular weight is 266 g/mol. The molecule has 0 amide bonds. The van der Waals surface area contributed by atoms with Crippen molar-refractivity contribution in [3.05, 3.63) is 11.4 Å². The van der Waals surface area contributed by atoms with Gasteiger partial charge in [-0.1, -0.05) is 20.8 Å². The smallest absolute Gasteiger partial charge is 0.138 e. The van der Waals surface area contributed by atoms with Crippen molar-refractivity contribution in [1.82, 2.24) is 9.97 Å². The molecule has 1 aromatic heterocycles. The summed E-state index contributed by atoms with van der Waals surface area (Å²) in [7, 11) is 1.71. The van der Waals surface area contributed by atoms with Crippen LogP contribution in [0.4, 0.5) is 11.6 Å². The van der Waals surface area contributed by atoms with Gasteiger partial charge >= 0.3 is 0 Å². The van der Waals surface area contributed by atoms with Crippen LogP contribution in [0.1, 0.15) is 45.5 Å². The highest BCUT2D eigenvalue weighted by Gasteiger charge is 2.20. The summed E-state index contributed by atoms with van der Waals surface area (Å²) in [6.45, 7) is 11.0. The molecule has 0 bridgehead atoms. The topological polar surface area (TPSA) is 73.1 Å². The molecule has 0 aliphatic rings. The Bertz CT molecular complexity index is 426. The van der Waals surface area contributed by atoms with E-state index in [0.717, 1.165) is 30.2 Å². The molecule has 5 heteroatoms. The maximum absolute atomic E-state index is 5.98. The van der Waals surface area contributed by atoms with Crippen LogP contribution in [0.15, 0.2) is 0 Å². The molecule has 1 aromatic rings. The number of ether oxygens (including phenoxy) is 1. The van der Waals surface area contributed by atoms with Crippen molar-refractivity contribution in [2.45, 2.75) is 52.5 Å². The minimum Gasteiger partial charge on any atom is -0.385 e. The Labute approximate surface area is 116 Å². The highest BCUT2D eigenvalue weighted by molar-refractivity contribution is 5.55. The van der Waals surface area contributed by atoms with E-state index in [9.17, 15) is 0 Å². The third-order valence-electron chi connectivity index (χ3n) is 2.99. The van der Waals surface area contributed by atoms with E-state index in [-0.39, 0.29) is 11.5 Å². The lowest BCUT2D eigenvalue weighted by atomic mass is 9.95. The predicted molar refractivity (Wildman–Crippen MR) is 79.5 cm³/mol. The zero-order valence-corrected chi connectivity index (χ0v) is 12.9. The van der Waals surface area contributed by atoms with Crippen LogP contribution in [-0.2, 0) is 10.2 Å². The molecule has 1 unspecified atom stereocenters. The van der Waals surface area contributed by atoms with Gasteiger partial charge in [-0.3, -0.25) is 0 Å². The van der Waals surface area contributed by atoms with E-state index >= 15 is 0 Å². The number of aromatic nitrogens is 2. The fourth-order valence-electron chi connectivity index (χ4n) is 1.61. The van der Waals surface area contributed by atoms with Gasteiger partial charge in [-0.25, -0.2) is 9.97 Å². The summed E-state index contributed by atoms with van der Waals surface area (Å²) in [5.74, 6) is 2.12. The second-order valence-corrected chi connectivity index (χ2v) is 5.98. The second-order valence-electron chi connectivity index (χ2n) is 5.98. The summed E-state index contributed by atoms with van der Waals surface area (Å²) in [5.41, 5.74) is 6.76. The fraction of sp³-hybridized carbons (Fsp3) is 0.714. The molecule has 19 heavy (non-hydrogen) atoms. The first-order chi connectivity index (χ1) is 8.75. The van der Waals surface area contributed by atoms with E-state index < -0.39 is 0 Å². The van der Waals surface area contributed by atoms with E-state index in [0.29, 0.717) is 5.82 Å². The molecule has 1 atom stereocenters. The highest BCUT2D eigenvalue weighted by atomic mass is 16.5. The van der Waals surface area contributed by atoms with E-state index in [4.69, 9.17) is 10.5 Å². The summed E-state index contributed by atoms with van der Waals surface area (Å²) in [6, 6.07) is 0.278. The van der Waals surface area contributed by atoms with Gasteiger partial charge in [-0.15, -0.1) is 0 Å². The van der Waals surface area contributed by atoms with Crippen LogP contribution in [0.5, 0.6) is 0 Å². The van der Waals surface area contributed by atoms with Gasteiger partial charge in [0, 0.05) is 30.7 Å². The van der Waals surface area contributed by atoms with Crippen molar-refractivity contribution in [2.24, 2.45) is 0 Å². The monoisotopic (exact) mass is 266 g/mol. The average Bonchev–Trinajstić information content (AvgIpc) is 2.30. The number of hydrogen-bond donors (Lipinski definition) is 2. The van der Waals surface area contributed by atoms with Crippen LogP contribution >= 0.6 is 0 Å². The van der Waals surface area contributed by atoms with E-state index in [1.54, 1.807) is 7.11 Å². The van der Waals surface area contributed by atoms with Gasteiger partial charge in [0.25, 0.3) is 0 Å². The van der Waals surface area contributed by atoms with Gasteiger partial charge in [0.2, 0.25) is 0 Å². The van der Waals surface area contributed by atoms with Crippen molar-refractivity contribution in [3.8, 4) is 0 Å². The normalized spacial score (nSPS) is 13.4. The first-order valence-electron chi connectivity index (χ1n) is 6.65. The number of nitrogens with two attached hydrogens (primary N) is 1. The summed E-state index contributed by atoms with van der Waals surface area (Å²) in [4.78, 5) is 8.99. The van der Waals surface area contributed by atoms with Crippen LogP contribution in [0.25, 0.3) is 0 Å². The van der Waals surface area contributed by atoms with E-state index in [2.05, 4.69) is 43.0 Å². The maximum atomic E-state index is 5.98. The highest BCUT2D eigenvalue weighted by Crippen LogP contribution is 2.25. The lowest BCUT2D eigenvalue weighted by Gasteiger charge is -2.21. The molecule has 0 radical (unpaired) electrons. The number of nitrogen functional groups attached to an aromatic ring is 1. The summed E-state index contributed by atoms with van der Waals surface area (Å²) >= 11 is 0. The molecule has 5 nitrogen and oxygen atoms in total. The van der Waals surface area contributed by atoms with Crippen LogP contribution in [0, 0.1) is 6.92 Å². The van der Waals surface area contributed by atoms with Gasteiger partial charge in [0.05, 0.1) is 0 Å². The zero-order valence-electron chi connectivity index (χ0n) is 12.9. The molecule has 1 heterocycles. The largest absolute Gasteiger partial charge is 0.385 e. The molecule has 0 saturated carbocycles. The molecule has 108 valence electrons. The van der Waals surface area contributed by atoms with Gasteiger partial charge < -0.3 is 15.8 Å². The van der Waals surface area contributed by atoms with Gasteiger partial charge in [0.15, 0.2) is 0 Å². The summed E-state index contributed by atoms with van der Waals surface area (Å²) < 4.78 is 5.08. The third kappa shape index (κ3) is 4.35. The molecular weight excluding hydrogens is 240 g/mol. The quantitative estimate of drug-likeness (QED) is 0.856. The first kappa shape index (κ1) is 15.7. The van der Waals surface area contributed by atoms with Gasteiger partial charge in [-0.2, -0.15) is 0 Å². The molecule has 0 aromatic carbocycles. The molecule has 3 N–H and O–H groups in total. The number of rotatable bonds is 5. The SMILES string of the molecule is COCCC(C)Nc1nc(C(C)(C)C)nc(N)c1C. The molecule has 0 spiro atoms. The molecule has 0 saturated heterocycles. The number of anilines is 2. The number of methoxy groups -OCH3 is 1. The fourth-order valence-corrected chi connectivity index (χ4v) is 1.61. The van der Waals surface area contributed by atoms with Gasteiger partial charge in [-0.05, 0) is 20.3 Å². The Balaban J connectivity index is 2.96. The van der Waals surface area contributed by atoms with Crippen molar-refractivity contribution in [2.75, 3.05) is 24.8 Å². The predicted octanol–water partition coefficient (Wildman–Crippen LogP) is 2.50. The minimum atomic E-state index is -0.117. The Morgan fingerprint density at radius 2 is 1.95 bits per heavy atom. The minimum absolute atomic E-state index is 0.117. The number of nitrogens with zero attached hydrogens (tertiary/aromatic N) is 2.